The van der Waals surface area contributed by atoms with Crippen molar-refractivity contribution >= 4 is 17.3 Å². The lowest BCUT2D eigenvalue weighted by Gasteiger charge is -2.08. The van der Waals surface area contributed by atoms with Crippen LogP contribution in [0.4, 0.5) is 11.4 Å². The molecule has 0 saturated carbocycles. The molecular weight excluding hydrogens is 270 g/mol. The molecule has 1 aliphatic heterocycles. The van der Waals surface area contributed by atoms with Gasteiger partial charge in [0.2, 0.25) is 6.79 Å². The first-order valence-electron chi connectivity index (χ1n) is 6.18. The van der Waals surface area contributed by atoms with E-state index in [0.29, 0.717) is 34.0 Å². The zero-order valence-corrected chi connectivity index (χ0v) is 10.9. The Bertz CT molecular complexity index is 765. The smallest absolute Gasteiger partial charge is 0.255 e. The van der Waals surface area contributed by atoms with E-state index in [1.165, 1.54) is 6.07 Å². The molecular formula is C15H11N3O3. The predicted octanol–water partition coefficient (Wildman–Crippen LogP) is 2.12. The molecule has 3 rings (SSSR count). The van der Waals surface area contributed by atoms with E-state index >= 15 is 0 Å². The molecule has 2 aromatic rings. The van der Waals surface area contributed by atoms with Crippen LogP contribution in [-0.4, -0.2) is 12.7 Å². The van der Waals surface area contributed by atoms with Gasteiger partial charge in [-0.1, -0.05) is 0 Å². The van der Waals surface area contributed by atoms with E-state index < -0.39 is 0 Å². The molecule has 1 amide bonds. The van der Waals surface area contributed by atoms with Crippen molar-refractivity contribution in [2.24, 2.45) is 0 Å². The summed E-state index contributed by atoms with van der Waals surface area (Å²) in [6.07, 6.45) is 0. The summed E-state index contributed by atoms with van der Waals surface area (Å²) in [6.45, 7) is 0.150. The minimum Gasteiger partial charge on any atom is -0.454 e. The first-order chi connectivity index (χ1) is 10.2. The van der Waals surface area contributed by atoms with Crippen LogP contribution in [0.15, 0.2) is 36.4 Å². The van der Waals surface area contributed by atoms with Crippen molar-refractivity contribution in [2.45, 2.75) is 0 Å². The van der Waals surface area contributed by atoms with Crippen LogP contribution in [0.5, 0.6) is 11.5 Å². The second kappa shape index (κ2) is 5.06. The molecule has 0 fully saturated rings. The maximum absolute atomic E-state index is 12.2. The van der Waals surface area contributed by atoms with Gasteiger partial charge in [0.25, 0.3) is 5.91 Å². The van der Waals surface area contributed by atoms with Crippen LogP contribution in [0.3, 0.4) is 0 Å². The average molecular weight is 281 g/mol. The van der Waals surface area contributed by atoms with E-state index in [1.54, 1.807) is 30.3 Å². The van der Waals surface area contributed by atoms with Crippen LogP contribution in [0.1, 0.15) is 15.9 Å². The number of hydrogen-bond acceptors (Lipinski definition) is 5. The third kappa shape index (κ3) is 2.44. The Hall–Kier alpha value is -3.20. The summed E-state index contributed by atoms with van der Waals surface area (Å²) >= 11 is 0. The van der Waals surface area contributed by atoms with Crippen molar-refractivity contribution in [1.82, 2.24) is 0 Å². The van der Waals surface area contributed by atoms with Crippen molar-refractivity contribution in [3.05, 3.63) is 47.5 Å². The molecule has 2 aromatic carbocycles. The molecule has 6 nitrogen and oxygen atoms in total. The summed E-state index contributed by atoms with van der Waals surface area (Å²) < 4.78 is 10.4. The van der Waals surface area contributed by atoms with Gasteiger partial charge in [-0.3, -0.25) is 4.79 Å². The van der Waals surface area contributed by atoms with E-state index in [2.05, 4.69) is 5.32 Å². The van der Waals surface area contributed by atoms with Gasteiger partial charge in [0.15, 0.2) is 11.5 Å². The normalized spacial score (nSPS) is 11.8. The Morgan fingerprint density at radius 3 is 2.81 bits per heavy atom. The van der Waals surface area contributed by atoms with Crippen molar-refractivity contribution in [3.8, 4) is 17.6 Å². The predicted molar refractivity (Wildman–Crippen MR) is 76.1 cm³/mol. The molecule has 104 valence electrons. The number of nitrogens with one attached hydrogen (secondary N) is 1. The first-order valence-corrected chi connectivity index (χ1v) is 6.18. The van der Waals surface area contributed by atoms with Crippen LogP contribution in [0.2, 0.25) is 0 Å². The molecule has 0 aromatic heterocycles. The monoisotopic (exact) mass is 281 g/mol. The lowest BCUT2D eigenvalue weighted by atomic mass is 10.1. The molecule has 0 atom stereocenters. The number of rotatable bonds is 2. The second-order valence-corrected chi connectivity index (χ2v) is 4.44. The molecule has 0 saturated heterocycles. The molecule has 0 spiro atoms. The van der Waals surface area contributed by atoms with Crippen LogP contribution in [-0.2, 0) is 0 Å². The van der Waals surface area contributed by atoms with E-state index in [9.17, 15) is 4.79 Å². The highest BCUT2D eigenvalue weighted by Crippen LogP contribution is 2.32. The highest BCUT2D eigenvalue weighted by Gasteiger charge is 2.17. The summed E-state index contributed by atoms with van der Waals surface area (Å²) in [5, 5.41) is 11.7. The SMILES string of the molecule is N#Cc1cc(N)ccc1NC(=O)c1ccc2c(c1)OCO2. The Labute approximate surface area is 120 Å². The van der Waals surface area contributed by atoms with Crippen molar-refractivity contribution < 1.29 is 14.3 Å². The number of anilines is 2. The van der Waals surface area contributed by atoms with Crippen LogP contribution in [0.25, 0.3) is 0 Å². The Morgan fingerprint density at radius 1 is 1.19 bits per heavy atom. The molecule has 0 aliphatic carbocycles. The van der Waals surface area contributed by atoms with Crippen LogP contribution in [0, 0.1) is 11.3 Å². The number of nitrogens with two attached hydrogens (primary N) is 1. The highest BCUT2D eigenvalue weighted by atomic mass is 16.7. The molecule has 0 radical (unpaired) electrons. The van der Waals surface area contributed by atoms with Gasteiger partial charge in [-0.25, -0.2) is 0 Å². The van der Waals surface area contributed by atoms with Crippen molar-refractivity contribution in [3.63, 3.8) is 0 Å². The number of amides is 1. The maximum Gasteiger partial charge on any atom is 0.255 e. The largest absolute Gasteiger partial charge is 0.454 e. The Balaban J connectivity index is 1.85. The molecule has 1 aliphatic rings. The third-order valence-corrected chi connectivity index (χ3v) is 3.05. The maximum atomic E-state index is 12.2. The van der Waals surface area contributed by atoms with Gasteiger partial charge in [-0.15, -0.1) is 0 Å². The molecule has 0 unspecified atom stereocenters. The fourth-order valence-electron chi connectivity index (χ4n) is 2.00. The van der Waals surface area contributed by atoms with Crippen molar-refractivity contribution in [2.75, 3.05) is 17.8 Å². The highest BCUT2D eigenvalue weighted by molar-refractivity contribution is 6.05. The van der Waals surface area contributed by atoms with Gasteiger partial charge in [0.1, 0.15) is 6.07 Å². The van der Waals surface area contributed by atoms with E-state index in [-0.39, 0.29) is 12.7 Å². The fourth-order valence-corrected chi connectivity index (χ4v) is 2.00. The summed E-state index contributed by atoms with van der Waals surface area (Å²) in [5.74, 6) is 0.798. The number of benzene rings is 2. The van der Waals surface area contributed by atoms with Gasteiger partial charge in [-0.05, 0) is 36.4 Å². The number of fused-ring (bicyclic) bond motifs is 1. The minimum absolute atomic E-state index is 0.150. The zero-order chi connectivity index (χ0) is 14.8. The second-order valence-electron chi connectivity index (χ2n) is 4.44. The van der Waals surface area contributed by atoms with Gasteiger partial charge < -0.3 is 20.5 Å². The van der Waals surface area contributed by atoms with E-state index in [4.69, 9.17) is 20.5 Å². The number of nitrogens with zero attached hydrogens (tertiary/aromatic N) is 1. The molecule has 6 heteroatoms. The zero-order valence-electron chi connectivity index (χ0n) is 10.9. The fraction of sp³-hybridized carbons (Fsp3) is 0.0667. The van der Waals surface area contributed by atoms with Gasteiger partial charge in [0.05, 0.1) is 11.3 Å². The van der Waals surface area contributed by atoms with Crippen LogP contribution >= 0.6 is 0 Å². The molecule has 0 bridgehead atoms. The van der Waals surface area contributed by atoms with Gasteiger partial charge >= 0.3 is 0 Å². The third-order valence-electron chi connectivity index (χ3n) is 3.05. The van der Waals surface area contributed by atoms with Crippen LogP contribution < -0.4 is 20.5 Å². The lowest BCUT2D eigenvalue weighted by molar-refractivity contribution is 0.102. The molecule has 1 heterocycles. The standard InChI is InChI=1S/C15H11N3O3/c16-7-10-5-11(17)2-3-12(10)18-15(19)9-1-4-13-14(6-9)21-8-20-13/h1-6H,8,17H2,(H,18,19). The Kier molecular flexibility index (Phi) is 3.09. The quantitative estimate of drug-likeness (QED) is 0.822. The average Bonchev–Trinajstić information content (AvgIpc) is 2.96. The van der Waals surface area contributed by atoms with E-state index in [1.807, 2.05) is 6.07 Å². The number of nitrogen functional groups attached to an aromatic ring is 1. The summed E-state index contributed by atoms with van der Waals surface area (Å²) in [7, 11) is 0. The number of carbonyl (C=O) groups excluding carboxylic acids is 1. The first kappa shape index (κ1) is 12.8. The van der Waals surface area contributed by atoms with E-state index in [0.717, 1.165) is 0 Å². The summed E-state index contributed by atoms with van der Waals surface area (Å²) in [5.41, 5.74) is 7.22. The number of hydrogen-bond donors (Lipinski definition) is 2. The summed E-state index contributed by atoms with van der Waals surface area (Å²) in [4.78, 5) is 12.2. The van der Waals surface area contributed by atoms with Gasteiger partial charge in [0, 0.05) is 11.3 Å². The number of carbonyl (C=O) groups is 1. The van der Waals surface area contributed by atoms with Crippen molar-refractivity contribution in [1.29, 1.82) is 5.26 Å². The molecule has 21 heavy (non-hydrogen) atoms. The lowest BCUT2D eigenvalue weighted by Crippen LogP contribution is -2.13. The number of nitriles is 1. The summed E-state index contributed by atoms with van der Waals surface area (Å²) in [6, 6.07) is 11.6. The Morgan fingerprint density at radius 2 is 2.00 bits per heavy atom. The van der Waals surface area contributed by atoms with Gasteiger partial charge in [-0.2, -0.15) is 5.26 Å². The number of ether oxygens (including phenoxy) is 2. The topological polar surface area (TPSA) is 97.4 Å². The molecule has 3 N–H and O–H groups in total. The minimum atomic E-state index is -0.338.